The zero-order chi connectivity index (χ0) is 68.1. The Balaban J connectivity index is 2.45. The summed E-state index contributed by atoms with van der Waals surface area (Å²) in [5.74, 6) is -1.17. The van der Waals surface area contributed by atoms with Crippen molar-refractivity contribution in [3.63, 3.8) is 0 Å². The number of amides is 1. The van der Waals surface area contributed by atoms with Gasteiger partial charge in [-0.1, -0.05) is 398 Å². The molecular formula is C83H159NO10. The largest absolute Gasteiger partial charge is 0.454 e. The predicted molar refractivity (Wildman–Crippen MR) is 398 cm³/mol. The molecule has 0 aliphatic carbocycles. The molecule has 8 atom stereocenters. The van der Waals surface area contributed by atoms with Crippen LogP contribution in [0.2, 0.25) is 0 Å². The van der Waals surface area contributed by atoms with E-state index in [9.17, 15) is 35.1 Å². The number of allylic oxidation sites excluding steroid dienone is 3. The number of rotatable bonds is 74. The molecule has 0 radical (unpaired) electrons. The van der Waals surface area contributed by atoms with Gasteiger partial charge in [-0.2, -0.15) is 0 Å². The first-order valence-corrected chi connectivity index (χ1v) is 41.6. The van der Waals surface area contributed by atoms with Gasteiger partial charge < -0.3 is 45.1 Å². The van der Waals surface area contributed by atoms with Crippen LogP contribution in [0.3, 0.4) is 0 Å². The van der Waals surface area contributed by atoms with Crippen molar-refractivity contribution in [1.29, 1.82) is 0 Å². The second kappa shape index (κ2) is 71.0. The van der Waals surface area contributed by atoms with Crippen LogP contribution in [0.15, 0.2) is 24.3 Å². The number of aliphatic hydroxyl groups excluding tert-OH is 5. The molecule has 1 saturated heterocycles. The van der Waals surface area contributed by atoms with Crippen LogP contribution in [0.1, 0.15) is 432 Å². The number of hydrogen-bond acceptors (Lipinski definition) is 10. The topological polar surface area (TPSA) is 175 Å². The Hall–Kier alpha value is -1.86. The van der Waals surface area contributed by atoms with E-state index in [1.165, 1.54) is 327 Å². The zero-order valence-corrected chi connectivity index (χ0v) is 62.4. The Bertz CT molecular complexity index is 1630. The molecule has 556 valence electrons. The molecule has 0 aromatic rings. The molecule has 11 heteroatoms. The number of esters is 1. The van der Waals surface area contributed by atoms with Crippen molar-refractivity contribution < 1.29 is 49.3 Å². The molecule has 94 heavy (non-hydrogen) atoms. The number of carbonyl (C=O) groups excluding carboxylic acids is 2. The molecule has 0 spiro atoms. The molecule has 11 nitrogen and oxygen atoms in total. The summed E-state index contributed by atoms with van der Waals surface area (Å²) < 4.78 is 17.8. The normalized spacial score (nSPS) is 17.8. The van der Waals surface area contributed by atoms with Gasteiger partial charge in [-0.15, -0.1) is 0 Å². The predicted octanol–water partition coefficient (Wildman–Crippen LogP) is 22.7. The van der Waals surface area contributed by atoms with E-state index in [4.69, 9.17) is 14.2 Å². The highest BCUT2D eigenvalue weighted by Gasteiger charge is 2.47. The molecule has 1 heterocycles. The van der Waals surface area contributed by atoms with Gasteiger partial charge >= 0.3 is 5.97 Å². The molecule has 1 rings (SSSR count). The van der Waals surface area contributed by atoms with E-state index in [0.717, 1.165) is 57.8 Å². The van der Waals surface area contributed by atoms with Crippen molar-refractivity contribution in [3.05, 3.63) is 24.3 Å². The lowest BCUT2D eigenvalue weighted by molar-refractivity contribution is -0.305. The molecule has 0 aromatic heterocycles. The number of carbonyl (C=O) groups is 2. The summed E-state index contributed by atoms with van der Waals surface area (Å²) in [6, 6.07) is -1.02. The molecule has 1 fully saturated rings. The second-order valence-corrected chi connectivity index (χ2v) is 29.2. The van der Waals surface area contributed by atoms with Crippen LogP contribution in [0.5, 0.6) is 0 Å². The third-order valence-corrected chi connectivity index (χ3v) is 20.1. The fourth-order valence-corrected chi connectivity index (χ4v) is 13.6. The van der Waals surface area contributed by atoms with Crippen LogP contribution in [-0.2, 0) is 23.8 Å². The van der Waals surface area contributed by atoms with E-state index in [0.29, 0.717) is 19.3 Å². The van der Waals surface area contributed by atoms with Crippen LogP contribution < -0.4 is 5.32 Å². The van der Waals surface area contributed by atoms with E-state index >= 15 is 0 Å². The fraction of sp³-hybridized carbons (Fsp3) is 0.928. The molecule has 1 aliphatic rings. The van der Waals surface area contributed by atoms with Crippen molar-refractivity contribution in [2.45, 2.75) is 481 Å². The molecule has 8 unspecified atom stereocenters. The van der Waals surface area contributed by atoms with Gasteiger partial charge in [0.25, 0.3) is 0 Å². The highest BCUT2D eigenvalue weighted by Crippen LogP contribution is 2.27. The summed E-state index contributed by atoms with van der Waals surface area (Å²) >= 11 is 0. The van der Waals surface area contributed by atoms with Crippen molar-refractivity contribution >= 4 is 11.9 Å². The first-order valence-electron chi connectivity index (χ1n) is 41.6. The summed E-state index contributed by atoms with van der Waals surface area (Å²) in [5.41, 5.74) is 0. The Morgan fingerprint density at radius 2 is 0.702 bits per heavy atom. The quantitative estimate of drug-likeness (QED) is 0.0195. The van der Waals surface area contributed by atoms with Crippen LogP contribution in [-0.4, -0.2) is 99.6 Å². The Morgan fingerprint density at radius 1 is 0.404 bits per heavy atom. The Morgan fingerprint density at radius 3 is 1.03 bits per heavy atom. The molecule has 6 N–H and O–H groups in total. The van der Waals surface area contributed by atoms with Gasteiger partial charge in [-0.3, -0.25) is 9.59 Å². The summed E-state index contributed by atoms with van der Waals surface area (Å²) in [5, 5.41) is 57.5. The van der Waals surface area contributed by atoms with E-state index < -0.39 is 67.4 Å². The fourth-order valence-electron chi connectivity index (χ4n) is 13.6. The van der Waals surface area contributed by atoms with Gasteiger partial charge in [0.05, 0.1) is 25.4 Å². The molecular weight excluding hydrogens is 1170 g/mol. The lowest BCUT2D eigenvalue weighted by Crippen LogP contribution is -2.61. The van der Waals surface area contributed by atoms with E-state index in [2.05, 4.69) is 38.2 Å². The van der Waals surface area contributed by atoms with Gasteiger partial charge in [0.2, 0.25) is 5.91 Å². The smallest absolute Gasteiger partial charge is 0.306 e. The third kappa shape index (κ3) is 57.0. The second-order valence-electron chi connectivity index (χ2n) is 29.2. The summed E-state index contributed by atoms with van der Waals surface area (Å²) in [6.07, 6.45) is 78.2. The zero-order valence-electron chi connectivity index (χ0n) is 62.4. The third-order valence-electron chi connectivity index (χ3n) is 20.1. The first-order chi connectivity index (χ1) is 46.2. The monoisotopic (exact) mass is 1330 g/mol. The van der Waals surface area contributed by atoms with E-state index in [1.807, 2.05) is 6.08 Å². The molecule has 0 bridgehead atoms. The van der Waals surface area contributed by atoms with Crippen LogP contribution in [0.4, 0.5) is 0 Å². The van der Waals surface area contributed by atoms with Crippen molar-refractivity contribution in [2.24, 2.45) is 0 Å². The summed E-state index contributed by atoms with van der Waals surface area (Å²) in [6.45, 7) is 5.88. The molecule has 0 aromatic carbocycles. The molecule has 0 saturated carbocycles. The van der Waals surface area contributed by atoms with Crippen LogP contribution >= 0.6 is 0 Å². The lowest BCUT2D eigenvalue weighted by Gasteiger charge is -2.41. The minimum absolute atomic E-state index is 0.132. The van der Waals surface area contributed by atoms with Crippen molar-refractivity contribution in [3.8, 4) is 0 Å². The maximum absolute atomic E-state index is 13.5. The summed E-state index contributed by atoms with van der Waals surface area (Å²) in [7, 11) is 0. The lowest BCUT2D eigenvalue weighted by atomic mass is 9.99. The van der Waals surface area contributed by atoms with Gasteiger partial charge in [0.15, 0.2) is 12.4 Å². The van der Waals surface area contributed by atoms with Crippen LogP contribution in [0, 0.1) is 0 Å². The number of aliphatic hydroxyl groups is 5. The number of nitrogens with one attached hydrogen (secondary N) is 1. The van der Waals surface area contributed by atoms with Crippen molar-refractivity contribution in [2.75, 3.05) is 13.2 Å². The minimum Gasteiger partial charge on any atom is -0.454 e. The standard InChI is InChI=1S/C83H159NO10/c1-4-7-10-13-16-19-22-25-27-29-31-33-35-37-39-41-43-45-47-49-51-53-56-59-62-65-68-71-78(88)94-81-80(90)79(89)77(72-85)93-83(81)92-73-74(75(86)69-66-63-60-57-54-24-21-18-15-12-9-6-3)84-82(91)76(87)70-67-64-61-58-55-52-50-48-46-44-42-40-38-36-34-32-30-28-26-23-20-17-14-11-8-5-2/h26,28,66,69,74-77,79-81,83,85-87,89-90H,4-25,27,29-65,67-68,70-73H2,1-3H3,(H,84,91)/b28-26+,69-66+. The maximum atomic E-state index is 13.5. The minimum atomic E-state index is -1.61. The van der Waals surface area contributed by atoms with E-state index in [-0.39, 0.29) is 13.0 Å². The molecule has 1 aliphatic heterocycles. The number of unbranched alkanes of at least 4 members (excludes halogenated alkanes) is 58. The highest BCUT2D eigenvalue weighted by atomic mass is 16.7. The van der Waals surface area contributed by atoms with E-state index in [1.54, 1.807) is 6.08 Å². The average molecular weight is 1330 g/mol. The SMILES string of the molecule is CCCCCCCC/C=C/CCCCCCCCCCCCCCCCCCC(O)C(=O)NC(COC1OC(CO)C(O)C(O)C1OC(=O)CCCCCCCCCCCCCCCCCCCCCCCCCCCCC)C(O)/C=C/CCCCCCCCCCCC. The van der Waals surface area contributed by atoms with Crippen molar-refractivity contribution in [1.82, 2.24) is 5.32 Å². The van der Waals surface area contributed by atoms with Gasteiger partial charge in [-0.25, -0.2) is 0 Å². The summed E-state index contributed by atoms with van der Waals surface area (Å²) in [4.78, 5) is 26.8. The molecule has 1 amide bonds. The van der Waals surface area contributed by atoms with Gasteiger partial charge in [0.1, 0.15) is 24.4 Å². The van der Waals surface area contributed by atoms with Gasteiger partial charge in [0, 0.05) is 6.42 Å². The van der Waals surface area contributed by atoms with Crippen LogP contribution in [0.25, 0.3) is 0 Å². The maximum Gasteiger partial charge on any atom is 0.306 e. The Labute approximate surface area is 581 Å². The van der Waals surface area contributed by atoms with Gasteiger partial charge in [-0.05, 0) is 51.4 Å². The number of hydrogen-bond donors (Lipinski definition) is 6. The number of ether oxygens (including phenoxy) is 3. The Kier molecular flexibility index (Phi) is 68.1. The highest BCUT2D eigenvalue weighted by molar-refractivity contribution is 5.80. The average Bonchev–Trinajstić information content (AvgIpc) is 0.828. The first kappa shape index (κ1) is 90.2.